The first-order valence-corrected chi connectivity index (χ1v) is 7.66. The van der Waals surface area contributed by atoms with Crippen molar-refractivity contribution in [1.82, 2.24) is 10.2 Å². The maximum Gasteiger partial charge on any atom is 0.219 e. The molecule has 2 atom stereocenters. The van der Waals surface area contributed by atoms with Gasteiger partial charge in [0.25, 0.3) is 0 Å². The Labute approximate surface area is 109 Å². The molecule has 2 fully saturated rings. The van der Waals surface area contributed by atoms with E-state index in [0.717, 1.165) is 17.7 Å². The molecule has 0 aliphatic heterocycles. The Morgan fingerprint density at radius 1 is 0.833 bits per heavy atom. The summed E-state index contributed by atoms with van der Waals surface area (Å²) >= 11 is 0. The van der Waals surface area contributed by atoms with Crippen LogP contribution in [0.4, 0.5) is 0 Å². The Balaban J connectivity index is 1.68. The summed E-state index contributed by atoms with van der Waals surface area (Å²) in [5.41, 5.74) is 0. The number of hydrogen-bond acceptors (Lipinski definition) is 3. The second kappa shape index (κ2) is 5.41. The lowest BCUT2D eigenvalue weighted by molar-refractivity contribution is 0.285. The topological polar surface area (TPSA) is 38.9 Å². The Morgan fingerprint density at radius 3 is 2.22 bits per heavy atom. The van der Waals surface area contributed by atoms with Crippen molar-refractivity contribution in [2.24, 2.45) is 5.92 Å². The van der Waals surface area contributed by atoms with Crippen molar-refractivity contribution in [1.29, 1.82) is 0 Å². The van der Waals surface area contributed by atoms with E-state index in [1.807, 2.05) is 0 Å². The summed E-state index contributed by atoms with van der Waals surface area (Å²) in [5.74, 6) is 3.72. The highest BCUT2D eigenvalue weighted by Gasteiger charge is 2.27. The number of aromatic nitrogens is 2. The van der Waals surface area contributed by atoms with Crippen molar-refractivity contribution in [3.8, 4) is 0 Å². The van der Waals surface area contributed by atoms with E-state index in [-0.39, 0.29) is 0 Å². The lowest BCUT2D eigenvalue weighted by Crippen LogP contribution is -2.11. The van der Waals surface area contributed by atoms with Crippen molar-refractivity contribution < 1.29 is 4.42 Å². The van der Waals surface area contributed by atoms with Crippen LogP contribution in [0.25, 0.3) is 0 Å². The molecule has 3 rings (SSSR count). The standard InChI is InChI=1S/C15H24N2O/c1-11-6-5-9-13(10-11)15-17-16-14(18-15)12-7-3-2-4-8-12/h11-13H,2-10H2,1H3. The van der Waals surface area contributed by atoms with E-state index in [4.69, 9.17) is 4.42 Å². The van der Waals surface area contributed by atoms with E-state index < -0.39 is 0 Å². The first kappa shape index (κ1) is 12.2. The van der Waals surface area contributed by atoms with Gasteiger partial charge in [0, 0.05) is 11.8 Å². The number of nitrogens with zero attached hydrogens (tertiary/aromatic N) is 2. The molecular formula is C15H24N2O. The Hall–Kier alpha value is -0.860. The molecule has 0 amide bonds. The normalized spacial score (nSPS) is 30.5. The van der Waals surface area contributed by atoms with E-state index in [1.54, 1.807) is 0 Å². The van der Waals surface area contributed by atoms with Gasteiger partial charge in [0.05, 0.1) is 0 Å². The van der Waals surface area contributed by atoms with Gasteiger partial charge in [-0.3, -0.25) is 0 Å². The molecule has 0 saturated heterocycles. The van der Waals surface area contributed by atoms with E-state index in [2.05, 4.69) is 17.1 Å². The van der Waals surface area contributed by atoms with Crippen LogP contribution in [0.2, 0.25) is 0 Å². The van der Waals surface area contributed by atoms with Gasteiger partial charge in [-0.15, -0.1) is 10.2 Å². The van der Waals surface area contributed by atoms with Crippen LogP contribution in [0.3, 0.4) is 0 Å². The number of rotatable bonds is 2. The summed E-state index contributed by atoms with van der Waals surface area (Å²) in [5, 5.41) is 8.66. The zero-order valence-corrected chi connectivity index (χ0v) is 11.4. The lowest BCUT2D eigenvalue weighted by Gasteiger charge is -2.24. The van der Waals surface area contributed by atoms with Crippen LogP contribution in [0.15, 0.2) is 4.42 Å². The summed E-state index contributed by atoms with van der Waals surface area (Å²) < 4.78 is 5.99. The van der Waals surface area contributed by atoms with Crippen LogP contribution < -0.4 is 0 Å². The first-order valence-electron chi connectivity index (χ1n) is 7.66. The monoisotopic (exact) mass is 248 g/mol. The molecule has 0 N–H and O–H groups in total. The highest BCUT2D eigenvalue weighted by molar-refractivity contribution is 4.98. The van der Waals surface area contributed by atoms with Gasteiger partial charge in [-0.2, -0.15) is 0 Å². The fourth-order valence-electron chi connectivity index (χ4n) is 3.58. The summed E-state index contributed by atoms with van der Waals surface area (Å²) in [6, 6.07) is 0. The van der Waals surface area contributed by atoms with E-state index in [9.17, 15) is 0 Å². The molecule has 2 saturated carbocycles. The molecule has 100 valence electrons. The third-order valence-electron chi connectivity index (χ3n) is 4.70. The quantitative estimate of drug-likeness (QED) is 0.778. The minimum Gasteiger partial charge on any atom is -0.425 e. The molecule has 0 spiro atoms. The molecule has 2 aliphatic carbocycles. The van der Waals surface area contributed by atoms with Crippen LogP contribution >= 0.6 is 0 Å². The molecule has 18 heavy (non-hydrogen) atoms. The number of hydrogen-bond donors (Lipinski definition) is 0. The average Bonchev–Trinajstić information content (AvgIpc) is 2.89. The molecule has 0 bridgehead atoms. The SMILES string of the molecule is CC1CCCC(c2nnc(C3CCCCC3)o2)C1. The Kier molecular flexibility index (Phi) is 3.67. The molecule has 0 radical (unpaired) electrons. The zero-order valence-electron chi connectivity index (χ0n) is 11.4. The van der Waals surface area contributed by atoms with Gasteiger partial charge in [-0.1, -0.05) is 39.0 Å². The van der Waals surface area contributed by atoms with Crippen molar-refractivity contribution >= 4 is 0 Å². The van der Waals surface area contributed by atoms with Crippen LogP contribution in [0.5, 0.6) is 0 Å². The van der Waals surface area contributed by atoms with Crippen LogP contribution in [0, 0.1) is 5.92 Å². The van der Waals surface area contributed by atoms with Gasteiger partial charge in [0.1, 0.15) is 0 Å². The molecule has 1 heterocycles. The second-order valence-electron chi connectivity index (χ2n) is 6.28. The molecule has 2 aliphatic rings. The summed E-state index contributed by atoms with van der Waals surface area (Å²) in [6.45, 7) is 2.34. The predicted octanol–water partition coefficient (Wildman–Crippen LogP) is 4.41. The van der Waals surface area contributed by atoms with Crippen molar-refractivity contribution in [3.63, 3.8) is 0 Å². The van der Waals surface area contributed by atoms with Gasteiger partial charge >= 0.3 is 0 Å². The molecule has 1 aromatic rings. The van der Waals surface area contributed by atoms with Gasteiger partial charge in [-0.05, 0) is 31.6 Å². The maximum atomic E-state index is 5.99. The van der Waals surface area contributed by atoms with Crippen molar-refractivity contribution in [2.45, 2.75) is 76.5 Å². The second-order valence-corrected chi connectivity index (χ2v) is 6.28. The molecule has 0 aromatic carbocycles. The van der Waals surface area contributed by atoms with Crippen molar-refractivity contribution in [3.05, 3.63) is 11.8 Å². The Morgan fingerprint density at radius 2 is 1.50 bits per heavy atom. The highest BCUT2D eigenvalue weighted by Crippen LogP contribution is 2.37. The highest BCUT2D eigenvalue weighted by atomic mass is 16.4. The van der Waals surface area contributed by atoms with Crippen LogP contribution in [0.1, 0.15) is 88.3 Å². The molecular weight excluding hydrogens is 224 g/mol. The predicted molar refractivity (Wildman–Crippen MR) is 70.5 cm³/mol. The molecule has 3 heteroatoms. The average molecular weight is 248 g/mol. The van der Waals surface area contributed by atoms with E-state index in [1.165, 1.54) is 57.8 Å². The first-order chi connectivity index (χ1) is 8.83. The maximum absolute atomic E-state index is 5.99. The van der Waals surface area contributed by atoms with Gasteiger partial charge in [-0.25, -0.2) is 0 Å². The lowest BCUT2D eigenvalue weighted by atomic mass is 9.82. The Bertz CT molecular complexity index is 382. The van der Waals surface area contributed by atoms with Gasteiger partial charge in [0.15, 0.2) is 0 Å². The van der Waals surface area contributed by atoms with Crippen LogP contribution in [-0.4, -0.2) is 10.2 Å². The molecule has 1 aromatic heterocycles. The molecule has 2 unspecified atom stereocenters. The van der Waals surface area contributed by atoms with Crippen molar-refractivity contribution in [2.75, 3.05) is 0 Å². The summed E-state index contributed by atoms with van der Waals surface area (Å²) in [7, 11) is 0. The minimum atomic E-state index is 0.526. The fraction of sp³-hybridized carbons (Fsp3) is 0.867. The zero-order chi connectivity index (χ0) is 12.4. The van der Waals surface area contributed by atoms with Gasteiger partial charge < -0.3 is 4.42 Å². The summed E-state index contributed by atoms with van der Waals surface area (Å²) in [4.78, 5) is 0. The third kappa shape index (κ3) is 2.60. The fourth-order valence-corrected chi connectivity index (χ4v) is 3.58. The minimum absolute atomic E-state index is 0.526. The molecule has 3 nitrogen and oxygen atoms in total. The summed E-state index contributed by atoms with van der Waals surface area (Å²) in [6.07, 6.45) is 11.6. The van der Waals surface area contributed by atoms with Gasteiger partial charge in [0.2, 0.25) is 11.8 Å². The smallest absolute Gasteiger partial charge is 0.219 e. The van der Waals surface area contributed by atoms with E-state index >= 15 is 0 Å². The third-order valence-corrected chi connectivity index (χ3v) is 4.70. The van der Waals surface area contributed by atoms with Crippen LogP contribution in [-0.2, 0) is 0 Å². The van der Waals surface area contributed by atoms with E-state index in [0.29, 0.717) is 11.8 Å². The largest absolute Gasteiger partial charge is 0.425 e.